The summed E-state index contributed by atoms with van der Waals surface area (Å²) in [7, 11) is 0. The van der Waals surface area contributed by atoms with Crippen molar-refractivity contribution in [3.63, 3.8) is 0 Å². The standard InChI is InChI=1S/C15H26N2OS/c1-10-8-17(9-11(2)19-10)15(18)7-12-5-13-3-4-14(6-12)16-13/h10-14,16H,3-9H2,1-2H3. The third-order valence-electron chi connectivity index (χ3n) is 4.81. The van der Waals surface area contributed by atoms with Crippen LogP contribution in [0.15, 0.2) is 0 Å². The molecule has 0 aromatic carbocycles. The maximum atomic E-state index is 12.5. The van der Waals surface area contributed by atoms with Crippen molar-refractivity contribution in [3.05, 3.63) is 0 Å². The second kappa shape index (κ2) is 5.65. The predicted octanol–water partition coefficient (Wildman–Crippen LogP) is 2.26. The fraction of sp³-hybridized carbons (Fsp3) is 0.933. The molecule has 4 unspecified atom stereocenters. The molecule has 108 valence electrons. The Hall–Kier alpha value is -0.220. The molecule has 0 spiro atoms. The highest BCUT2D eigenvalue weighted by atomic mass is 32.2. The van der Waals surface area contributed by atoms with E-state index in [0.717, 1.165) is 19.5 Å². The highest BCUT2D eigenvalue weighted by Crippen LogP contribution is 2.33. The van der Waals surface area contributed by atoms with E-state index in [2.05, 4.69) is 24.1 Å². The molecule has 3 nitrogen and oxygen atoms in total. The molecule has 0 aromatic rings. The molecule has 3 aliphatic heterocycles. The molecule has 1 N–H and O–H groups in total. The van der Waals surface area contributed by atoms with Gasteiger partial charge in [-0.1, -0.05) is 13.8 Å². The van der Waals surface area contributed by atoms with Crippen LogP contribution in [0.3, 0.4) is 0 Å². The van der Waals surface area contributed by atoms with Gasteiger partial charge in [-0.05, 0) is 31.6 Å². The molecule has 3 aliphatic rings. The molecule has 3 rings (SSSR count). The van der Waals surface area contributed by atoms with Gasteiger partial charge in [0, 0.05) is 42.1 Å². The molecule has 0 aromatic heterocycles. The summed E-state index contributed by atoms with van der Waals surface area (Å²) in [5.41, 5.74) is 0. The van der Waals surface area contributed by atoms with Crippen molar-refractivity contribution in [3.8, 4) is 0 Å². The minimum Gasteiger partial charge on any atom is -0.340 e. The second-order valence-electron chi connectivity index (χ2n) is 6.74. The van der Waals surface area contributed by atoms with E-state index in [0.29, 0.717) is 34.4 Å². The number of amides is 1. The number of nitrogens with zero attached hydrogens (tertiary/aromatic N) is 1. The maximum Gasteiger partial charge on any atom is 0.222 e. The summed E-state index contributed by atoms with van der Waals surface area (Å²) < 4.78 is 0. The van der Waals surface area contributed by atoms with Crippen molar-refractivity contribution in [1.82, 2.24) is 10.2 Å². The highest BCUT2D eigenvalue weighted by Gasteiger charge is 2.35. The first-order valence-corrected chi connectivity index (χ1v) is 8.73. The van der Waals surface area contributed by atoms with Crippen molar-refractivity contribution in [2.75, 3.05) is 13.1 Å². The zero-order valence-electron chi connectivity index (χ0n) is 12.1. The molecule has 0 radical (unpaired) electrons. The molecule has 3 heterocycles. The molecular formula is C15H26N2OS. The van der Waals surface area contributed by atoms with Crippen LogP contribution in [-0.2, 0) is 4.79 Å². The van der Waals surface area contributed by atoms with E-state index in [-0.39, 0.29) is 0 Å². The molecule has 3 saturated heterocycles. The zero-order chi connectivity index (χ0) is 13.4. The average Bonchev–Trinajstić information content (AvgIpc) is 2.67. The SMILES string of the molecule is CC1CN(C(=O)CC2CC3CCC(C2)N3)CC(C)S1. The van der Waals surface area contributed by atoms with Crippen LogP contribution < -0.4 is 5.32 Å². The van der Waals surface area contributed by atoms with Crippen molar-refractivity contribution in [2.24, 2.45) is 5.92 Å². The Bertz CT molecular complexity index is 327. The van der Waals surface area contributed by atoms with Gasteiger partial charge in [0.1, 0.15) is 0 Å². The summed E-state index contributed by atoms with van der Waals surface area (Å²) in [6.07, 6.45) is 5.87. The number of fused-ring (bicyclic) bond motifs is 2. The van der Waals surface area contributed by atoms with Crippen LogP contribution in [0.1, 0.15) is 46.0 Å². The van der Waals surface area contributed by atoms with Crippen molar-refractivity contribution in [1.29, 1.82) is 0 Å². The van der Waals surface area contributed by atoms with Crippen LogP contribution in [0.2, 0.25) is 0 Å². The van der Waals surface area contributed by atoms with Crippen LogP contribution >= 0.6 is 11.8 Å². The lowest BCUT2D eigenvalue weighted by Gasteiger charge is -2.36. The van der Waals surface area contributed by atoms with E-state index in [9.17, 15) is 4.79 Å². The summed E-state index contributed by atoms with van der Waals surface area (Å²) in [5.74, 6) is 1.04. The van der Waals surface area contributed by atoms with E-state index in [1.807, 2.05) is 11.8 Å². The normalized spacial score (nSPS) is 42.4. The first-order valence-electron chi connectivity index (χ1n) is 7.79. The van der Waals surface area contributed by atoms with Crippen LogP contribution in [0.5, 0.6) is 0 Å². The van der Waals surface area contributed by atoms with Crippen LogP contribution in [0.4, 0.5) is 0 Å². The highest BCUT2D eigenvalue weighted by molar-refractivity contribution is 8.00. The van der Waals surface area contributed by atoms with Crippen LogP contribution in [-0.4, -0.2) is 46.5 Å². The summed E-state index contributed by atoms with van der Waals surface area (Å²) >= 11 is 2.02. The summed E-state index contributed by atoms with van der Waals surface area (Å²) in [6.45, 7) is 6.38. The number of thioether (sulfide) groups is 1. The summed E-state index contributed by atoms with van der Waals surface area (Å²) in [4.78, 5) is 14.6. The van der Waals surface area contributed by atoms with Gasteiger partial charge in [0.15, 0.2) is 0 Å². The molecule has 4 heteroatoms. The Balaban J connectivity index is 1.53. The quantitative estimate of drug-likeness (QED) is 0.843. The monoisotopic (exact) mass is 282 g/mol. The van der Waals surface area contributed by atoms with Crippen LogP contribution in [0, 0.1) is 5.92 Å². The molecule has 2 bridgehead atoms. The second-order valence-corrected chi connectivity index (χ2v) is 8.62. The van der Waals surface area contributed by atoms with Crippen molar-refractivity contribution < 1.29 is 4.79 Å². The van der Waals surface area contributed by atoms with Gasteiger partial charge in [0.2, 0.25) is 5.91 Å². The third-order valence-corrected chi connectivity index (χ3v) is 6.03. The fourth-order valence-corrected chi connectivity index (χ4v) is 5.42. The van der Waals surface area contributed by atoms with Gasteiger partial charge >= 0.3 is 0 Å². The molecule has 3 fully saturated rings. The van der Waals surface area contributed by atoms with Gasteiger partial charge in [-0.3, -0.25) is 4.79 Å². The molecular weight excluding hydrogens is 256 g/mol. The van der Waals surface area contributed by atoms with E-state index in [1.165, 1.54) is 25.7 Å². The lowest BCUT2D eigenvalue weighted by molar-refractivity contribution is -0.132. The zero-order valence-corrected chi connectivity index (χ0v) is 12.9. The van der Waals surface area contributed by atoms with E-state index in [4.69, 9.17) is 0 Å². The van der Waals surface area contributed by atoms with Gasteiger partial charge in [0.25, 0.3) is 0 Å². The minimum atomic E-state index is 0.408. The topological polar surface area (TPSA) is 32.3 Å². The third kappa shape index (κ3) is 3.27. The maximum absolute atomic E-state index is 12.5. The Morgan fingerprint density at radius 2 is 1.74 bits per heavy atom. The van der Waals surface area contributed by atoms with Gasteiger partial charge in [-0.25, -0.2) is 0 Å². The molecule has 0 saturated carbocycles. The Labute approximate surface area is 120 Å². The molecule has 1 amide bonds. The Kier molecular flexibility index (Phi) is 4.08. The largest absolute Gasteiger partial charge is 0.340 e. The molecule has 19 heavy (non-hydrogen) atoms. The van der Waals surface area contributed by atoms with Gasteiger partial charge in [-0.2, -0.15) is 11.8 Å². The Morgan fingerprint density at radius 1 is 1.16 bits per heavy atom. The number of carbonyl (C=O) groups is 1. The summed E-state index contributed by atoms with van der Waals surface area (Å²) in [5, 5.41) is 4.85. The average molecular weight is 282 g/mol. The van der Waals surface area contributed by atoms with Gasteiger partial charge in [-0.15, -0.1) is 0 Å². The van der Waals surface area contributed by atoms with E-state index in [1.54, 1.807) is 0 Å². The van der Waals surface area contributed by atoms with E-state index >= 15 is 0 Å². The van der Waals surface area contributed by atoms with Crippen LogP contribution in [0.25, 0.3) is 0 Å². The lowest BCUT2D eigenvalue weighted by atomic mass is 9.89. The summed E-state index contributed by atoms with van der Waals surface area (Å²) in [6, 6.07) is 1.40. The fourth-order valence-electron chi connectivity index (χ4n) is 4.10. The lowest BCUT2D eigenvalue weighted by Crippen LogP contribution is -2.46. The van der Waals surface area contributed by atoms with Gasteiger partial charge < -0.3 is 10.2 Å². The number of carbonyl (C=O) groups excluding carboxylic acids is 1. The number of piperidine rings is 1. The molecule has 0 aliphatic carbocycles. The number of rotatable bonds is 2. The van der Waals surface area contributed by atoms with E-state index < -0.39 is 0 Å². The first kappa shape index (κ1) is 13.7. The van der Waals surface area contributed by atoms with Crippen molar-refractivity contribution in [2.45, 2.75) is 68.5 Å². The molecule has 4 atom stereocenters. The Morgan fingerprint density at radius 3 is 2.32 bits per heavy atom. The number of hydrogen-bond donors (Lipinski definition) is 1. The van der Waals surface area contributed by atoms with Crippen molar-refractivity contribution >= 4 is 17.7 Å². The smallest absolute Gasteiger partial charge is 0.222 e. The van der Waals surface area contributed by atoms with Gasteiger partial charge in [0.05, 0.1) is 0 Å². The minimum absolute atomic E-state index is 0.408. The first-order chi connectivity index (χ1) is 9.10. The predicted molar refractivity (Wildman–Crippen MR) is 80.4 cm³/mol. The number of hydrogen-bond acceptors (Lipinski definition) is 3. The number of nitrogens with one attached hydrogen (secondary N) is 1.